The first-order valence-electron chi connectivity index (χ1n) is 10.8. The van der Waals surface area contributed by atoms with Gasteiger partial charge < -0.3 is 24.3 Å². The number of benzene rings is 4. The van der Waals surface area contributed by atoms with Crippen LogP contribution in [0.1, 0.15) is 15.9 Å². The standard InChI is InChI=1S/C28H24BrNO5/c1-32-23-9-6-10-24(17-23)35-22-13-11-21(12-14-22)30-28(31)20-15-25(29)27(26(16-20)33-2)34-18-19-7-4-3-5-8-19/h3-17H,18H2,1-2H3,(H,30,31). The zero-order chi connectivity index (χ0) is 24.6. The summed E-state index contributed by atoms with van der Waals surface area (Å²) in [4.78, 5) is 12.9. The highest BCUT2D eigenvalue weighted by atomic mass is 79.9. The third kappa shape index (κ3) is 6.33. The number of carbonyl (C=O) groups excluding carboxylic acids is 1. The number of hydrogen-bond acceptors (Lipinski definition) is 5. The second-order valence-corrected chi connectivity index (χ2v) is 8.38. The van der Waals surface area contributed by atoms with Gasteiger partial charge in [-0.2, -0.15) is 0 Å². The molecule has 4 aromatic carbocycles. The Hall–Kier alpha value is -3.97. The molecule has 0 spiro atoms. The lowest BCUT2D eigenvalue weighted by Gasteiger charge is -2.15. The van der Waals surface area contributed by atoms with Gasteiger partial charge in [0, 0.05) is 17.3 Å². The SMILES string of the molecule is COc1cccc(Oc2ccc(NC(=O)c3cc(Br)c(OCc4ccccc4)c(OC)c3)cc2)c1. The molecule has 0 saturated carbocycles. The van der Waals surface area contributed by atoms with E-state index in [1.807, 2.05) is 48.5 Å². The Morgan fingerprint density at radius 3 is 2.26 bits per heavy atom. The van der Waals surface area contributed by atoms with E-state index in [2.05, 4.69) is 21.2 Å². The van der Waals surface area contributed by atoms with Crippen LogP contribution in [0, 0.1) is 0 Å². The molecule has 0 fully saturated rings. The molecule has 0 aliphatic rings. The van der Waals surface area contributed by atoms with Crippen LogP contribution in [0.15, 0.2) is 95.5 Å². The zero-order valence-electron chi connectivity index (χ0n) is 19.3. The number of ether oxygens (including phenoxy) is 4. The normalized spacial score (nSPS) is 10.4. The average Bonchev–Trinajstić information content (AvgIpc) is 2.89. The first-order valence-corrected chi connectivity index (χ1v) is 11.6. The minimum absolute atomic E-state index is 0.278. The molecular weight excluding hydrogens is 510 g/mol. The number of rotatable bonds is 9. The summed E-state index contributed by atoms with van der Waals surface area (Å²) in [5.74, 6) is 2.73. The number of anilines is 1. The Balaban J connectivity index is 1.42. The number of hydrogen-bond donors (Lipinski definition) is 1. The van der Waals surface area contributed by atoms with Crippen molar-refractivity contribution < 1.29 is 23.7 Å². The van der Waals surface area contributed by atoms with E-state index in [4.69, 9.17) is 18.9 Å². The molecule has 1 amide bonds. The summed E-state index contributed by atoms with van der Waals surface area (Å²) >= 11 is 3.51. The van der Waals surface area contributed by atoms with Gasteiger partial charge in [-0.05, 0) is 70.0 Å². The summed E-state index contributed by atoms with van der Waals surface area (Å²) in [6.07, 6.45) is 0. The van der Waals surface area contributed by atoms with Crippen molar-refractivity contribution in [2.75, 3.05) is 19.5 Å². The average molecular weight is 534 g/mol. The molecule has 0 heterocycles. The van der Waals surface area contributed by atoms with Gasteiger partial charge in [0.1, 0.15) is 23.9 Å². The smallest absolute Gasteiger partial charge is 0.255 e. The van der Waals surface area contributed by atoms with Crippen molar-refractivity contribution in [2.24, 2.45) is 0 Å². The van der Waals surface area contributed by atoms with Crippen molar-refractivity contribution in [3.8, 4) is 28.7 Å². The van der Waals surface area contributed by atoms with Crippen molar-refractivity contribution in [2.45, 2.75) is 6.61 Å². The fraction of sp³-hybridized carbons (Fsp3) is 0.107. The predicted molar refractivity (Wildman–Crippen MR) is 139 cm³/mol. The molecule has 0 aliphatic heterocycles. The van der Waals surface area contributed by atoms with Crippen molar-refractivity contribution >= 4 is 27.5 Å². The minimum Gasteiger partial charge on any atom is -0.497 e. The largest absolute Gasteiger partial charge is 0.497 e. The van der Waals surface area contributed by atoms with E-state index in [1.54, 1.807) is 56.7 Å². The highest BCUT2D eigenvalue weighted by molar-refractivity contribution is 9.10. The van der Waals surface area contributed by atoms with Crippen LogP contribution < -0.4 is 24.3 Å². The maximum atomic E-state index is 12.9. The van der Waals surface area contributed by atoms with Gasteiger partial charge in [-0.25, -0.2) is 0 Å². The van der Waals surface area contributed by atoms with E-state index in [1.165, 1.54) is 0 Å². The van der Waals surface area contributed by atoms with Gasteiger partial charge in [-0.3, -0.25) is 4.79 Å². The fourth-order valence-electron chi connectivity index (χ4n) is 3.33. The van der Waals surface area contributed by atoms with Gasteiger partial charge in [0.15, 0.2) is 11.5 Å². The Labute approximate surface area is 212 Å². The highest BCUT2D eigenvalue weighted by Crippen LogP contribution is 2.37. The number of halogens is 1. The van der Waals surface area contributed by atoms with Gasteiger partial charge in [-0.15, -0.1) is 0 Å². The van der Waals surface area contributed by atoms with Crippen LogP contribution in [0.4, 0.5) is 5.69 Å². The number of nitrogens with one attached hydrogen (secondary N) is 1. The van der Waals surface area contributed by atoms with E-state index in [9.17, 15) is 4.79 Å². The first-order chi connectivity index (χ1) is 17.1. The summed E-state index contributed by atoms with van der Waals surface area (Å²) in [6.45, 7) is 0.380. The number of amides is 1. The molecule has 0 bridgehead atoms. The van der Waals surface area contributed by atoms with Gasteiger partial charge in [0.2, 0.25) is 0 Å². The first kappa shape index (κ1) is 24.2. The van der Waals surface area contributed by atoms with Crippen molar-refractivity contribution in [3.05, 3.63) is 107 Å². The van der Waals surface area contributed by atoms with Gasteiger partial charge in [-0.1, -0.05) is 36.4 Å². The van der Waals surface area contributed by atoms with E-state index in [0.29, 0.717) is 51.1 Å². The second kappa shape index (κ2) is 11.4. The highest BCUT2D eigenvalue weighted by Gasteiger charge is 2.16. The molecule has 35 heavy (non-hydrogen) atoms. The molecule has 7 heteroatoms. The number of carbonyl (C=O) groups is 1. The molecule has 4 rings (SSSR count). The van der Waals surface area contributed by atoms with Crippen LogP contribution in [0.2, 0.25) is 0 Å². The predicted octanol–water partition coefficient (Wildman–Crippen LogP) is 7.09. The van der Waals surface area contributed by atoms with Gasteiger partial charge >= 0.3 is 0 Å². The van der Waals surface area contributed by atoms with Crippen LogP contribution in [-0.4, -0.2) is 20.1 Å². The molecular formula is C28H24BrNO5. The Bertz CT molecular complexity index is 1290. The third-order valence-electron chi connectivity index (χ3n) is 5.11. The number of methoxy groups -OCH3 is 2. The van der Waals surface area contributed by atoms with Gasteiger partial charge in [0.05, 0.1) is 18.7 Å². The molecule has 178 valence electrons. The Morgan fingerprint density at radius 2 is 1.54 bits per heavy atom. The third-order valence-corrected chi connectivity index (χ3v) is 5.70. The maximum Gasteiger partial charge on any atom is 0.255 e. The molecule has 0 aliphatic carbocycles. The minimum atomic E-state index is -0.278. The molecule has 6 nitrogen and oxygen atoms in total. The monoisotopic (exact) mass is 533 g/mol. The van der Waals surface area contributed by atoms with E-state index >= 15 is 0 Å². The quantitative estimate of drug-likeness (QED) is 0.248. The summed E-state index contributed by atoms with van der Waals surface area (Å²) < 4.78 is 23.1. The van der Waals surface area contributed by atoms with Crippen molar-refractivity contribution in [3.63, 3.8) is 0 Å². The molecule has 0 unspecified atom stereocenters. The maximum absolute atomic E-state index is 12.9. The molecule has 0 atom stereocenters. The fourth-order valence-corrected chi connectivity index (χ4v) is 3.89. The zero-order valence-corrected chi connectivity index (χ0v) is 20.9. The topological polar surface area (TPSA) is 66.0 Å². The lowest BCUT2D eigenvalue weighted by Crippen LogP contribution is -2.12. The molecule has 4 aromatic rings. The van der Waals surface area contributed by atoms with E-state index in [0.717, 1.165) is 5.56 Å². The lowest BCUT2D eigenvalue weighted by molar-refractivity contribution is 0.102. The molecule has 1 N–H and O–H groups in total. The van der Waals surface area contributed by atoms with Crippen LogP contribution >= 0.6 is 15.9 Å². The van der Waals surface area contributed by atoms with Crippen LogP contribution in [0.5, 0.6) is 28.7 Å². The van der Waals surface area contributed by atoms with Crippen LogP contribution in [-0.2, 0) is 6.61 Å². The summed E-state index contributed by atoms with van der Waals surface area (Å²) in [7, 11) is 3.15. The summed E-state index contributed by atoms with van der Waals surface area (Å²) in [6, 6.07) is 27.6. The van der Waals surface area contributed by atoms with Crippen molar-refractivity contribution in [1.82, 2.24) is 0 Å². The summed E-state index contributed by atoms with van der Waals surface area (Å²) in [5.41, 5.74) is 2.09. The Morgan fingerprint density at radius 1 is 0.800 bits per heavy atom. The molecule has 0 saturated heterocycles. The second-order valence-electron chi connectivity index (χ2n) is 7.52. The molecule has 0 radical (unpaired) electrons. The summed E-state index contributed by atoms with van der Waals surface area (Å²) in [5, 5.41) is 2.89. The van der Waals surface area contributed by atoms with E-state index in [-0.39, 0.29) is 5.91 Å². The van der Waals surface area contributed by atoms with E-state index < -0.39 is 0 Å². The molecule has 0 aromatic heterocycles. The van der Waals surface area contributed by atoms with Gasteiger partial charge in [0.25, 0.3) is 5.91 Å². The lowest BCUT2D eigenvalue weighted by atomic mass is 10.1. The van der Waals surface area contributed by atoms with Crippen LogP contribution in [0.3, 0.4) is 0 Å². The van der Waals surface area contributed by atoms with Crippen LogP contribution in [0.25, 0.3) is 0 Å². The Kier molecular flexibility index (Phi) is 7.90. The van der Waals surface area contributed by atoms with Crippen molar-refractivity contribution in [1.29, 1.82) is 0 Å².